The van der Waals surface area contributed by atoms with Gasteiger partial charge in [-0.05, 0) is 38.5 Å². The highest BCUT2D eigenvalue weighted by atomic mass is 16.7. The Bertz CT molecular complexity index is 923. The summed E-state index contributed by atoms with van der Waals surface area (Å²) >= 11 is 0. The molecule has 1 heterocycles. The number of nitrogens with one attached hydrogen (secondary N) is 1. The molecular formula is C45H87NO10. The summed E-state index contributed by atoms with van der Waals surface area (Å²) in [5, 5.41) is 75.5. The first kappa shape index (κ1) is 52.9. The molecule has 0 aromatic rings. The van der Waals surface area contributed by atoms with Crippen molar-refractivity contribution in [2.24, 2.45) is 0 Å². The SMILES string of the molecule is CCCCCCCCCCCCCCCC/C=C/CCCC(O)C(O)C(COC1OC(CO)C(O)C(O)C1O)NC(=O)C(O)CCCCCCCCCCCC. The lowest BCUT2D eigenvalue weighted by Crippen LogP contribution is -2.60. The van der Waals surface area contributed by atoms with E-state index < -0.39 is 74.2 Å². The van der Waals surface area contributed by atoms with Gasteiger partial charge in [-0.2, -0.15) is 0 Å². The van der Waals surface area contributed by atoms with Crippen molar-refractivity contribution in [2.45, 2.75) is 255 Å². The smallest absolute Gasteiger partial charge is 0.249 e. The fraction of sp³-hybridized carbons (Fsp3) is 0.933. The molecule has 1 saturated heterocycles. The van der Waals surface area contributed by atoms with Crippen LogP contribution >= 0.6 is 0 Å². The van der Waals surface area contributed by atoms with Crippen molar-refractivity contribution in [3.63, 3.8) is 0 Å². The van der Waals surface area contributed by atoms with Crippen LogP contribution in [0.25, 0.3) is 0 Å². The molecule has 56 heavy (non-hydrogen) atoms. The minimum Gasteiger partial charge on any atom is -0.394 e. The quantitative estimate of drug-likeness (QED) is 0.0233. The second-order valence-corrected chi connectivity index (χ2v) is 16.5. The number of ether oxygens (including phenoxy) is 2. The average Bonchev–Trinajstić information content (AvgIpc) is 3.20. The van der Waals surface area contributed by atoms with Gasteiger partial charge in [-0.15, -0.1) is 0 Å². The number of hydrogen-bond donors (Lipinski definition) is 8. The molecule has 0 bridgehead atoms. The highest BCUT2D eigenvalue weighted by Crippen LogP contribution is 2.23. The van der Waals surface area contributed by atoms with Crippen LogP contribution in [0.5, 0.6) is 0 Å². The van der Waals surface area contributed by atoms with E-state index in [1.165, 1.54) is 122 Å². The zero-order valence-electron chi connectivity index (χ0n) is 35.6. The molecule has 332 valence electrons. The van der Waals surface area contributed by atoms with E-state index in [1.807, 2.05) is 0 Å². The first-order valence-electron chi connectivity index (χ1n) is 23.1. The van der Waals surface area contributed by atoms with Crippen LogP contribution in [-0.4, -0.2) is 110 Å². The van der Waals surface area contributed by atoms with Gasteiger partial charge in [-0.25, -0.2) is 0 Å². The number of aliphatic hydroxyl groups excluding tert-OH is 7. The molecule has 11 heteroatoms. The fourth-order valence-electron chi connectivity index (χ4n) is 7.44. The third kappa shape index (κ3) is 25.4. The zero-order chi connectivity index (χ0) is 41.2. The Morgan fingerprint density at radius 2 is 1.05 bits per heavy atom. The lowest BCUT2D eigenvalue weighted by molar-refractivity contribution is -0.303. The monoisotopic (exact) mass is 802 g/mol. The number of unbranched alkanes of at least 4 members (excludes halogenated alkanes) is 24. The van der Waals surface area contributed by atoms with Crippen LogP contribution < -0.4 is 5.32 Å². The van der Waals surface area contributed by atoms with Crippen molar-refractivity contribution in [2.75, 3.05) is 13.2 Å². The summed E-state index contributed by atoms with van der Waals surface area (Å²) in [6.07, 6.45) is 25.6. The number of carbonyl (C=O) groups excluding carboxylic acids is 1. The topological polar surface area (TPSA) is 189 Å². The van der Waals surface area contributed by atoms with Crippen LogP contribution in [0.3, 0.4) is 0 Å². The summed E-state index contributed by atoms with van der Waals surface area (Å²) in [4.78, 5) is 13.0. The van der Waals surface area contributed by atoms with Crippen LogP contribution in [-0.2, 0) is 14.3 Å². The largest absolute Gasteiger partial charge is 0.394 e. The standard InChI is InChI=1S/C45H87NO10/c1-3-5-7-9-11-13-15-16-17-18-19-20-21-22-23-25-26-28-30-32-37(48)40(50)36(35-55-45-43(53)42(52)41(51)39(34-47)56-45)46-44(54)38(49)33-31-29-27-24-14-12-10-8-6-4-2/h25-26,36-43,45,47-53H,3-24,27-35H2,1-2H3,(H,46,54)/b26-25+. The molecule has 11 nitrogen and oxygen atoms in total. The Balaban J connectivity index is 2.45. The molecule has 0 saturated carbocycles. The normalized spacial score (nSPS) is 22.3. The average molecular weight is 802 g/mol. The summed E-state index contributed by atoms with van der Waals surface area (Å²) in [5.74, 6) is -0.707. The van der Waals surface area contributed by atoms with Crippen LogP contribution in [0.1, 0.15) is 200 Å². The Morgan fingerprint density at radius 3 is 1.54 bits per heavy atom. The van der Waals surface area contributed by atoms with E-state index in [-0.39, 0.29) is 12.8 Å². The van der Waals surface area contributed by atoms with Gasteiger partial charge < -0.3 is 50.5 Å². The van der Waals surface area contributed by atoms with Gasteiger partial charge >= 0.3 is 0 Å². The maximum Gasteiger partial charge on any atom is 0.249 e. The van der Waals surface area contributed by atoms with Crippen molar-refractivity contribution in [3.05, 3.63) is 12.2 Å². The van der Waals surface area contributed by atoms with E-state index in [1.54, 1.807) is 0 Å². The summed E-state index contributed by atoms with van der Waals surface area (Å²) in [5.41, 5.74) is 0. The third-order valence-corrected chi connectivity index (χ3v) is 11.3. The first-order chi connectivity index (χ1) is 27.2. The second kappa shape index (κ2) is 35.8. The van der Waals surface area contributed by atoms with E-state index in [4.69, 9.17) is 9.47 Å². The number of carbonyl (C=O) groups is 1. The number of aliphatic hydroxyl groups is 7. The zero-order valence-corrected chi connectivity index (χ0v) is 35.6. The van der Waals surface area contributed by atoms with Crippen molar-refractivity contribution >= 4 is 5.91 Å². The number of hydrogen-bond acceptors (Lipinski definition) is 10. The van der Waals surface area contributed by atoms with Crippen molar-refractivity contribution in [1.82, 2.24) is 5.32 Å². The van der Waals surface area contributed by atoms with Gasteiger partial charge in [0.1, 0.15) is 36.6 Å². The minimum atomic E-state index is -1.66. The van der Waals surface area contributed by atoms with Crippen LogP contribution in [0.4, 0.5) is 0 Å². The predicted molar refractivity (Wildman–Crippen MR) is 224 cm³/mol. The van der Waals surface area contributed by atoms with Crippen molar-refractivity contribution in [3.8, 4) is 0 Å². The molecule has 1 amide bonds. The molecule has 9 unspecified atom stereocenters. The van der Waals surface area contributed by atoms with Crippen molar-refractivity contribution < 1.29 is 50.0 Å². The van der Waals surface area contributed by atoms with E-state index in [9.17, 15) is 40.5 Å². The molecular weight excluding hydrogens is 714 g/mol. The van der Waals surface area contributed by atoms with Crippen LogP contribution in [0, 0.1) is 0 Å². The number of allylic oxidation sites excluding steroid dienone is 2. The van der Waals surface area contributed by atoms with Gasteiger partial charge in [0.25, 0.3) is 0 Å². The maximum atomic E-state index is 13.0. The van der Waals surface area contributed by atoms with Gasteiger partial charge in [-0.3, -0.25) is 4.79 Å². The van der Waals surface area contributed by atoms with Gasteiger partial charge in [-0.1, -0.05) is 174 Å². The molecule has 1 aliphatic heterocycles. The Labute approximate surface area is 341 Å². The Hall–Kier alpha value is -1.15. The fourth-order valence-corrected chi connectivity index (χ4v) is 7.44. The van der Waals surface area contributed by atoms with E-state index in [0.717, 1.165) is 38.5 Å². The first-order valence-corrected chi connectivity index (χ1v) is 23.1. The molecule has 0 spiro atoms. The van der Waals surface area contributed by atoms with E-state index >= 15 is 0 Å². The molecule has 0 aliphatic carbocycles. The summed E-state index contributed by atoms with van der Waals surface area (Å²) in [6.45, 7) is 3.40. The minimum absolute atomic E-state index is 0.257. The van der Waals surface area contributed by atoms with Crippen LogP contribution in [0.2, 0.25) is 0 Å². The van der Waals surface area contributed by atoms with Crippen LogP contribution in [0.15, 0.2) is 12.2 Å². The lowest BCUT2D eigenvalue weighted by Gasteiger charge is -2.40. The molecule has 1 aliphatic rings. The molecule has 1 fully saturated rings. The maximum absolute atomic E-state index is 13.0. The summed E-state index contributed by atoms with van der Waals surface area (Å²) in [7, 11) is 0. The van der Waals surface area contributed by atoms with Crippen molar-refractivity contribution in [1.29, 1.82) is 0 Å². The van der Waals surface area contributed by atoms with Gasteiger partial charge in [0.15, 0.2) is 6.29 Å². The summed E-state index contributed by atoms with van der Waals surface area (Å²) in [6, 6.07) is -1.18. The lowest BCUT2D eigenvalue weighted by atomic mass is 9.98. The molecule has 0 aromatic carbocycles. The number of amides is 1. The van der Waals surface area contributed by atoms with Gasteiger partial charge in [0.05, 0.1) is 25.4 Å². The highest BCUT2D eigenvalue weighted by molar-refractivity contribution is 5.80. The highest BCUT2D eigenvalue weighted by Gasteiger charge is 2.44. The molecule has 0 aromatic heterocycles. The molecule has 0 radical (unpaired) electrons. The Kier molecular flexibility index (Phi) is 33.8. The van der Waals surface area contributed by atoms with E-state index in [0.29, 0.717) is 12.8 Å². The summed E-state index contributed by atoms with van der Waals surface area (Å²) < 4.78 is 11.1. The predicted octanol–water partition coefficient (Wildman–Crippen LogP) is 7.28. The Morgan fingerprint density at radius 1 is 0.607 bits per heavy atom. The van der Waals surface area contributed by atoms with Gasteiger partial charge in [0, 0.05) is 0 Å². The molecule has 1 rings (SSSR count). The number of rotatable bonds is 38. The molecule has 9 atom stereocenters. The molecule has 8 N–H and O–H groups in total. The van der Waals surface area contributed by atoms with E-state index in [2.05, 4.69) is 31.3 Å². The second-order valence-electron chi connectivity index (χ2n) is 16.5. The third-order valence-electron chi connectivity index (χ3n) is 11.3. The van der Waals surface area contributed by atoms with Gasteiger partial charge in [0.2, 0.25) is 5.91 Å².